The Morgan fingerprint density at radius 2 is 1.80 bits per heavy atom. The van der Waals surface area contributed by atoms with Crippen LogP contribution in [0.1, 0.15) is 46.1 Å². The number of benzene rings is 1. The van der Waals surface area contributed by atoms with Crippen molar-refractivity contribution in [3.63, 3.8) is 0 Å². The van der Waals surface area contributed by atoms with Crippen molar-refractivity contribution in [3.8, 4) is 0 Å². The maximum Gasteiger partial charge on any atom is 0.230 e. The molecule has 0 radical (unpaired) electrons. The van der Waals surface area contributed by atoms with Crippen LogP contribution in [0.2, 0.25) is 0 Å². The van der Waals surface area contributed by atoms with Crippen LogP contribution >= 0.6 is 23.1 Å². The van der Waals surface area contributed by atoms with Gasteiger partial charge in [-0.1, -0.05) is 62.9 Å². The standard InChI is InChI=1S/C18H26N4OS2/c1-11(2)13(5)19-16(23)10-24-18-22-21-17(25-18)20-15-8-6-14(7-9-15)12(3)4/h6-9,11-13H,10H2,1-5H3,(H,19,23)(H,20,21). The number of rotatable bonds is 8. The largest absolute Gasteiger partial charge is 0.353 e. The summed E-state index contributed by atoms with van der Waals surface area (Å²) in [6, 6.07) is 8.50. The predicted octanol–water partition coefficient (Wildman–Crippen LogP) is 4.66. The van der Waals surface area contributed by atoms with E-state index in [0.29, 0.717) is 17.6 Å². The number of aromatic nitrogens is 2. The average Bonchev–Trinajstić information content (AvgIpc) is 3.00. The molecule has 2 rings (SSSR count). The molecule has 1 unspecified atom stereocenters. The fraction of sp³-hybridized carbons (Fsp3) is 0.500. The van der Waals surface area contributed by atoms with Gasteiger partial charge in [-0.05, 0) is 36.5 Å². The van der Waals surface area contributed by atoms with Crippen LogP contribution in [0.5, 0.6) is 0 Å². The Hall–Kier alpha value is -1.60. The molecule has 0 spiro atoms. The Balaban J connectivity index is 1.84. The normalized spacial score (nSPS) is 12.4. The molecule has 7 heteroatoms. The molecular weight excluding hydrogens is 352 g/mol. The summed E-state index contributed by atoms with van der Waals surface area (Å²) in [5.41, 5.74) is 2.29. The summed E-state index contributed by atoms with van der Waals surface area (Å²) in [4.78, 5) is 11.9. The third kappa shape index (κ3) is 6.32. The van der Waals surface area contributed by atoms with E-state index in [4.69, 9.17) is 0 Å². The molecule has 25 heavy (non-hydrogen) atoms. The fourth-order valence-electron chi connectivity index (χ4n) is 1.98. The molecule has 1 heterocycles. The SMILES string of the molecule is CC(C)c1ccc(Nc2nnc(SCC(=O)NC(C)C(C)C)s2)cc1. The first kappa shape index (κ1) is 19.7. The van der Waals surface area contributed by atoms with Crippen molar-refractivity contribution < 1.29 is 4.79 Å². The average molecular weight is 379 g/mol. The summed E-state index contributed by atoms with van der Waals surface area (Å²) >= 11 is 2.87. The van der Waals surface area contributed by atoms with Crippen LogP contribution in [0, 0.1) is 5.92 Å². The van der Waals surface area contributed by atoms with E-state index in [9.17, 15) is 4.79 Å². The molecule has 0 fully saturated rings. The molecular formula is C18H26N4OS2. The first-order valence-corrected chi connectivity index (χ1v) is 10.3. The molecule has 0 saturated heterocycles. The monoisotopic (exact) mass is 378 g/mol. The van der Waals surface area contributed by atoms with Gasteiger partial charge in [0.1, 0.15) is 0 Å². The summed E-state index contributed by atoms with van der Waals surface area (Å²) in [5.74, 6) is 1.33. The molecule has 136 valence electrons. The topological polar surface area (TPSA) is 66.9 Å². The van der Waals surface area contributed by atoms with Gasteiger partial charge in [0.15, 0.2) is 4.34 Å². The lowest BCUT2D eigenvalue weighted by Crippen LogP contribution is -2.37. The highest BCUT2D eigenvalue weighted by molar-refractivity contribution is 8.01. The quantitative estimate of drug-likeness (QED) is 0.654. The van der Waals surface area contributed by atoms with Crippen molar-refractivity contribution >= 4 is 39.8 Å². The number of carbonyl (C=O) groups is 1. The summed E-state index contributed by atoms with van der Waals surface area (Å²) in [7, 11) is 0. The summed E-state index contributed by atoms with van der Waals surface area (Å²) in [6.07, 6.45) is 0. The summed E-state index contributed by atoms with van der Waals surface area (Å²) in [6.45, 7) is 10.6. The number of amides is 1. The minimum Gasteiger partial charge on any atom is -0.353 e. The van der Waals surface area contributed by atoms with Crippen molar-refractivity contribution in [3.05, 3.63) is 29.8 Å². The number of hydrogen-bond donors (Lipinski definition) is 2. The predicted molar refractivity (Wildman–Crippen MR) is 107 cm³/mol. The molecule has 1 amide bonds. The number of anilines is 2. The Bertz CT molecular complexity index is 683. The molecule has 0 aliphatic carbocycles. The second-order valence-corrected chi connectivity index (χ2v) is 8.86. The molecule has 2 N–H and O–H groups in total. The van der Waals surface area contributed by atoms with Crippen molar-refractivity contribution in [1.82, 2.24) is 15.5 Å². The van der Waals surface area contributed by atoms with Crippen LogP contribution in [-0.2, 0) is 4.79 Å². The lowest BCUT2D eigenvalue weighted by atomic mass is 10.0. The summed E-state index contributed by atoms with van der Waals surface area (Å²) in [5, 5.41) is 15.3. The Kier molecular flexibility index (Phi) is 7.25. The van der Waals surface area contributed by atoms with E-state index in [2.05, 4.69) is 60.7 Å². The Labute approximate surface area is 158 Å². The molecule has 5 nitrogen and oxygen atoms in total. The van der Waals surface area contributed by atoms with Crippen molar-refractivity contribution in [2.45, 2.75) is 50.9 Å². The molecule has 1 atom stereocenters. The van der Waals surface area contributed by atoms with Crippen LogP contribution in [0.25, 0.3) is 0 Å². The van der Waals surface area contributed by atoms with E-state index in [1.54, 1.807) is 0 Å². The van der Waals surface area contributed by atoms with E-state index in [0.717, 1.165) is 15.2 Å². The maximum atomic E-state index is 11.9. The van der Waals surface area contributed by atoms with Gasteiger partial charge in [-0.15, -0.1) is 10.2 Å². The summed E-state index contributed by atoms with van der Waals surface area (Å²) < 4.78 is 0.786. The molecule has 1 aromatic carbocycles. The van der Waals surface area contributed by atoms with E-state index < -0.39 is 0 Å². The number of nitrogens with zero attached hydrogens (tertiary/aromatic N) is 2. The van der Waals surface area contributed by atoms with Crippen LogP contribution in [-0.4, -0.2) is 27.9 Å². The highest BCUT2D eigenvalue weighted by Crippen LogP contribution is 2.28. The first-order valence-electron chi connectivity index (χ1n) is 8.47. The van der Waals surface area contributed by atoms with Crippen LogP contribution < -0.4 is 10.6 Å². The van der Waals surface area contributed by atoms with Gasteiger partial charge in [-0.2, -0.15) is 0 Å². The molecule has 0 saturated carbocycles. The zero-order chi connectivity index (χ0) is 18.4. The number of nitrogens with one attached hydrogen (secondary N) is 2. The lowest BCUT2D eigenvalue weighted by Gasteiger charge is -2.16. The third-order valence-corrected chi connectivity index (χ3v) is 5.92. The van der Waals surface area contributed by atoms with Crippen LogP contribution in [0.15, 0.2) is 28.6 Å². The van der Waals surface area contributed by atoms with E-state index in [1.807, 2.05) is 19.1 Å². The van der Waals surface area contributed by atoms with Crippen LogP contribution in [0.4, 0.5) is 10.8 Å². The zero-order valence-electron chi connectivity index (χ0n) is 15.4. The van der Waals surface area contributed by atoms with Gasteiger partial charge in [0, 0.05) is 11.7 Å². The lowest BCUT2D eigenvalue weighted by molar-refractivity contribution is -0.119. The second kappa shape index (κ2) is 9.20. The molecule has 2 aromatic rings. The minimum atomic E-state index is 0.0279. The molecule has 0 aliphatic rings. The molecule has 1 aromatic heterocycles. The van der Waals surface area contributed by atoms with Gasteiger partial charge in [-0.25, -0.2) is 0 Å². The van der Waals surface area contributed by atoms with Gasteiger partial charge in [0.25, 0.3) is 0 Å². The van der Waals surface area contributed by atoms with Gasteiger partial charge in [0.05, 0.1) is 5.75 Å². The van der Waals surface area contributed by atoms with Gasteiger partial charge in [0.2, 0.25) is 11.0 Å². The smallest absolute Gasteiger partial charge is 0.230 e. The Morgan fingerprint density at radius 3 is 2.40 bits per heavy atom. The van der Waals surface area contributed by atoms with Gasteiger partial charge >= 0.3 is 0 Å². The number of thioether (sulfide) groups is 1. The first-order chi connectivity index (χ1) is 11.8. The molecule has 0 aliphatic heterocycles. The minimum absolute atomic E-state index is 0.0279. The third-order valence-electron chi connectivity index (χ3n) is 3.95. The highest BCUT2D eigenvalue weighted by Gasteiger charge is 2.12. The Morgan fingerprint density at radius 1 is 1.12 bits per heavy atom. The van der Waals surface area contributed by atoms with E-state index in [1.165, 1.54) is 28.7 Å². The number of hydrogen-bond acceptors (Lipinski definition) is 6. The van der Waals surface area contributed by atoms with Crippen LogP contribution in [0.3, 0.4) is 0 Å². The van der Waals surface area contributed by atoms with E-state index in [-0.39, 0.29) is 11.9 Å². The molecule has 0 bridgehead atoms. The van der Waals surface area contributed by atoms with Crippen molar-refractivity contribution in [1.29, 1.82) is 0 Å². The highest BCUT2D eigenvalue weighted by atomic mass is 32.2. The zero-order valence-corrected chi connectivity index (χ0v) is 17.0. The maximum absolute atomic E-state index is 11.9. The van der Waals surface area contributed by atoms with E-state index >= 15 is 0 Å². The van der Waals surface area contributed by atoms with Gasteiger partial charge < -0.3 is 10.6 Å². The second-order valence-electron chi connectivity index (χ2n) is 6.66. The van der Waals surface area contributed by atoms with Crippen molar-refractivity contribution in [2.75, 3.05) is 11.1 Å². The fourth-order valence-corrected chi connectivity index (χ4v) is 3.57. The van der Waals surface area contributed by atoms with Crippen molar-refractivity contribution in [2.24, 2.45) is 5.92 Å². The van der Waals surface area contributed by atoms with Gasteiger partial charge in [-0.3, -0.25) is 4.79 Å². The number of carbonyl (C=O) groups excluding carboxylic acids is 1.